The lowest BCUT2D eigenvalue weighted by Crippen LogP contribution is -2.13. The first-order chi connectivity index (χ1) is 9.33. The molecule has 0 saturated carbocycles. The molecule has 6 heteroatoms. The minimum absolute atomic E-state index is 0.157. The van der Waals surface area contributed by atoms with Crippen LogP contribution in [0.5, 0.6) is 0 Å². The molecule has 2 N–H and O–H groups in total. The predicted octanol–water partition coefficient (Wildman–Crippen LogP) is 1.57. The first kappa shape index (κ1) is 10.1. The molecule has 0 aliphatic rings. The number of hydrogen-bond donors (Lipinski definition) is 2. The number of hydrogen-bond acceptors (Lipinski definition) is 3. The van der Waals surface area contributed by atoms with Crippen LogP contribution in [0, 0.1) is 0 Å². The summed E-state index contributed by atoms with van der Waals surface area (Å²) in [6.45, 7) is 0. The average Bonchev–Trinajstić information content (AvgIpc) is 3.06. The third kappa shape index (κ3) is 1.40. The van der Waals surface area contributed by atoms with Crippen molar-refractivity contribution in [3.8, 4) is 11.4 Å². The van der Waals surface area contributed by atoms with Gasteiger partial charge in [-0.05, 0) is 0 Å². The van der Waals surface area contributed by atoms with Gasteiger partial charge in [0.2, 0.25) is 5.78 Å². The normalized spacial score (nSPS) is 11.4. The van der Waals surface area contributed by atoms with Crippen LogP contribution in [0.2, 0.25) is 0 Å². The van der Waals surface area contributed by atoms with E-state index < -0.39 is 0 Å². The molecule has 6 nitrogen and oxygen atoms in total. The fourth-order valence-corrected chi connectivity index (χ4v) is 2.14. The fraction of sp³-hybridized carbons (Fsp3) is 0. The molecule has 0 amide bonds. The van der Waals surface area contributed by atoms with Crippen molar-refractivity contribution in [1.29, 1.82) is 0 Å². The lowest BCUT2D eigenvalue weighted by molar-refractivity contribution is 1.08. The molecule has 4 aromatic rings. The van der Waals surface area contributed by atoms with Crippen molar-refractivity contribution >= 4 is 16.9 Å². The largest absolute Gasteiger partial charge is 0.332 e. The summed E-state index contributed by atoms with van der Waals surface area (Å²) in [6, 6.07) is 9.67. The molecule has 0 radical (unpaired) electrons. The molecule has 1 aromatic carbocycles. The van der Waals surface area contributed by atoms with Crippen LogP contribution in [-0.2, 0) is 0 Å². The molecule has 0 spiro atoms. The Bertz CT molecular complexity index is 932. The van der Waals surface area contributed by atoms with E-state index in [9.17, 15) is 4.79 Å². The Labute approximate surface area is 106 Å². The summed E-state index contributed by atoms with van der Waals surface area (Å²) in [6.07, 6.45) is 3.20. The van der Waals surface area contributed by atoms with E-state index in [-0.39, 0.29) is 5.56 Å². The Morgan fingerprint density at radius 2 is 1.95 bits per heavy atom. The third-order valence-electron chi connectivity index (χ3n) is 3.05. The topological polar surface area (TPSA) is 78.8 Å². The molecule has 3 heterocycles. The van der Waals surface area contributed by atoms with Crippen molar-refractivity contribution in [3.05, 3.63) is 53.1 Å². The SMILES string of the molecule is O=c1c2[nH]c(-c3ccccc3)nc2[nH]c2nccn12. The summed E-state index contributed by atoms with van der Waals surface area (Å²) in [7, 11) is 0. The van der Waals surface area contributed by atoms with E-state index in [2.05, 4.69) is 19.9 Å². The van der Waals surface area contributed by atoms with Crippen LogP contribution in [0.1, 0.15) is 0 Å². The highest BCUT2D eigenvalue weighted by Gasteiger charge is 2.11. The second-order valence-corrected chi connectivity index (χ2v) is 4.23. The lowest BCUT2D eigenvalue weighted by atomic mass is 10.2. The van der Waals surface area contributed by atoms with Gasteiger partial charge in [-0.25, -0.2) is 9.97 Å². The Balaban J connectivity index is 2.07. The number of nitrogens with zero attached hydrogens (tertiary/aromatic N) is 3. The monoisotopic (exact) mass is 251 g/mol. The van der Waals surface area contributed by atoms with Gasteiger partial charge in [0, 0.05) is 18.0 Å². The van der Waals surface area contributed by atoms with Crippen LogP contribution in [0.4, 0.5) is 0 Å². The summed E-state index contributed by atoms with van der Waals surface area (Å²) in [5.74, 6) is 1.15. The van der Waals surface area contributed by atoms with Gasteiger partial charge < -0.3 is 9.97 Å². The van der Waals surface area contributed by atoms with Gasteiger partial charge in [0.05, 0.1) is 0 Å². The highest BCUT2D eigenvalue weighted by molar-refractivity contribution is 5.76. The summed E-state index contributed by atoms with van der Waals surface area (Å²) in [5.41, 5.74) is 1.74. The molecule has 0 aliphatic carbocycles. The van der Waals surface area contributed by atoms with E-state index in [0.717, 1.165) is 5.56 Å². The Hall–Kier alpha value is -2.89. The van der Waals surface area contributed by atoms with E-state index in [4.69, 9.17) is 0 Å². The molecule has 0 bridgehead atoms. The molecule has 0 unspecified atom stereocenters. The highest BCUT2D eigenvalue weighted by atomic mass is 16.1. The van der Waals surface area contributed by atoms with Crippen LogP contribution >= 0.6 is 0 Å². The van der Waals surface area contributed by atoms with Crippen molar-refractivity contribution in [2.24, 2.45) is 0 Å². The molecule has 0 saturated heterocycles. The predicted molar refractivity (Wildman–Crippen MR) is 70.9 cm³/mol. The summed E-state index contributed by atoms with van der Waals surface area (Å²) in [4.78, 5) is 26.8. The number of H-pyrrole nitrogens is 2. The van der Waals surface area contributed by atoms with Crippen LogP contribution in [0.15, 0.2) is 47.5 Å². The molecule has 3 aromatic heterocycles. The summed E-state index contributed by atoms with van der Waals surface area (Å²) in [5, 5.41) is 0. The number of aromatic amines is 2. The molecule has 0 atom stereocenters. The quantitative estimate of drug-likeness (QED) is 0.539. The molecule has 92 valence electrons. The zero-order valence-corrected chi connectivity index (χ0v) is 9.79. The molecule has 19 heavy (non-hydrogen) atoms. The Morgan fingerprint density at radius 3 is 2.79 bits per heavy atom. The maximum Gasteiger partial charge on any atom is 0.285 e. The van der Waals surface area contributed by atoms with Gasteiger partial charge in [0.15, 0.2) is 5.65 Å². The molecular formula is C13H9N5O. The van der Waals surface area contributed by atoms with E-state index in [1.54, 1.807) is 12.4 Å². The van der Waals surface area contributed by atoms with Crippen molar-refractivity contribution in [2.75, 3.05) is 0 Å². The second kappa shape index (κ2) is 3.55. The van der Waals surface area contributed by atoms with Crippen LogP contribution in [0.25, 0.3) is 28.3 Å². The number of nitrogens with one attached hydrogen (secondary N) is 2. The van der Waals surface area contributed by atoms with Crippen molar-refractivity contribution < 1.29 is 0 Å². The summed E-state index contributed by atoms with van der Waals surface area (Å²) >= 11 is 0. The maximum atomic E-state index is 12.2. The van der Waals surface area contributed by atoms with Gasteiger partial charge in [-0.15, -0.1) is 0 Å². The van der Waals surface area contributed by atoms with Crippen molar-refractivity contribution in [3.63, 3.8) is 0 Å². The van der Waals surface area contributed by atoms with Crippen LogP contribution in [0.3, 0.4) is 0 Å². The lowest BCUT2D eigenvalue weighted by Gasteiger charge is -1.93. The second-order valence-electron chi connectivity index (χ2n) is 4.23. The molecular weight excluding hydrogens is 242 g/mol. The first-order valence-electron chi connectivity index (χ1n) is 5.83. The van der Waals surface area contributed by atoms with Gasteiger partial charge in [-0.1, -0.05) is 30.3 Å². The number of imidazole rings is 2. The van der Waals surface area contributed by atoms with Gasteiger partial charge in [0.1, 0.15) is 11.3 Å². The first-order valence-corrected chi connectivity index (χ1v) is 5.83. The third-order valence-corrected chi connectivity index (χ3v) is 3.05. The number of aromatic nitrogens is 5. The number of fused-ring (bicyclic) bond motifs is 2. The van der Waals surface area contributed by atoms with Crippen LogP contribution < -0.4 is 5.56 Å². The minimum Gasteiger partial charge on any atom is -0.332 e. The van der Waals surface area contributed by atoms with E-state index >= 15 is 0 Å². The molecule has 4 rings (SSSR count). The van der Waals surface area contributed by atoms with Gasteiger partial charge in [-0.2, -0.15) is 0 Å². The highest BCUT2D eigenvalue weighted by Crippen LogP contribution is 2.17. The van der Waals surface area contributed by atoms with Gasteiger partial charge in [0.25, 0.3) is 5.56 Å². The number of rotatable bonds is 1. The van der Waals surface area contributed by atoms with Gasteiger partial charge >= 0.3 is 0 Å². The standard InChI is InChI=1S/C13H9N5O/c19-12-9-11(17-13-14-6-7-18(12)13)16-10(15-9)8-4-2-1-3-5-8/h1-7H,(H,14,17)(H,15,16). The maximum absolute atomic E-state index is 12.2. The average molecular weight is 251 g/mol. The zero-order valence-electron chi connectivity index (χ0n) is 9.79. The smallest absolute Gasteiger partial charge is 0.285 e. The number of benzene rings is 1. The van der Waals surface area contributed by atoms with E-state index in [1.165, 1.54) is 4.40 Å². The van der Waals surface area contributed by atoms with Crippen molar-refractivity contribution in [2.45, 2.75) is 0 Å². The van der Waals surface area contributed by atoms with Crippen LogP contribution in [-0.4, -0.2) is 24.3 Å². The molecule has 0 aliphatic heterocycles. The van der Waals surface area contributed by atoms with E-state index in [0.29, 0.717) is 22.8 Å². The zero-order chi connectivity index (χ0) is 12.8. The van der Waals surface area contributed by atoms with Gasteiger partial charge in [-0.3, -0.25) is 9.20 Å². The van der Waals surface area contributed by atoms with Crippen molar-refractivity contribution in [1.82, 2.24) is 24.3 Å². The Morgan fingerprint density at radius 1 is 1.11 bits per heavy atom. The summed E-state index contributed by atoms with van der Waals surface area (Å²) < 4.78 is 1.45. The molecule has 0 fully saturated rings. The minimum atomic E-state index is -0.157. The fourth-order valence-electron chi connectivity index (χ4n) is 2.14. The Kier molecular flexibility index (Phi) is 1.88. The van der Waals surface area contributed by atoms with E-state index in [1.807, 2.05) is 30.3 Å².